The SMILES string of the molecule is C[C@H](N)c1nc(C2CCCCS2)no1. The Morgan fingerprint density at radius 1 is 1.57 bits per heavy atom. The van der Waals surface area contributed by atoms with E-state index in [1.165, 1.54) is 18.6 Å². The van der Waals surface area contributed by atoms with Gasteiger partial charge in [0, 0.05) is 0 Å². The van der Waals surface area contributed by atoms with Crippen molar-refractivity contribution < 1.29 is 4.52 Å². The van der Waals surface area contributed by atoms with Crippen LogP contribution < -0.4 is 5.73 Å². The van der Waals surface area contributed by atoms with Crippen molar-refractivity contribution in [3.05, 3.63) is 11.7 Å². The van der Waals surface area contributed by atoms with Gasteiger partial charge < -0.3 is 10.3 Å². The molecular weight excluding hydrogens is 198 g/mol. The van der Waals surface area contributed by atoms with Gasteiger partial charge in [-0.25, -0.2) is 0 Å². The molecule has 1 unspecified atom stereocenters. The second kappa shape index (κ2) is 4.31. The van der Waals surface area contributed by atoms with E-state index in [0.29, 0.717) is 11.1 Å². The molecule has 2 N–H and O–H groups in total. The van der Waals surface area contributed by atoms with Crippen LogP contribution in [0, 0.1) is 0 Å². The fraction of sp³-hybridized carbons (Fsp3) is 0.778. The largest absolute Gasteiger partial charge is 0.338 e. The van der Waals surface area contributed by atoms with Gasteiger partial charge in [-0.3, -0.25) is 0 Å². The lowest BCUT2D eigenvalue weighted by Gasteiger charge is -2.17. The van der Waals surface area contributed by atoms with E-state index in [1.807, 2.05) is 18.7 Å². The maximum atomic E-state index is 5.65. The van der Waals surface area contributed by atoms with Gasteiger partial charge in [0.25, 0.3) is 0 Å². The predicted molar refractivity (Wildman–Crippen MR) is 56.0 cm³/mol. The molecule has 0 aromatic carbocycles. The summed E-state index contributed by atoms with van der Waals surface area (Å²) in [5, 5.41) is 4.39. The van der Waals surface area contributed by atoms with Gasteiger partial charge in [-0.05, 0) is 25.5 Å². The highest BCUT2D eigenvalue weighted by Gasteiger charge is 2.22. The zero-order chi connectivity index (χ0) is 9.97. The number of nitrogens with zero attached hydrogens (tertiary/aromatic N) is 2. The van der Waals surface area contributed by atoms with Crippen molar-refractivity contribution in [3.63, 3.8) is 0 Å². The number of rotatable bonds is 2. The molecule has 0 amide bonds. The smallest absolute Gasteiger partial charge is 0.243 e. The summed E-state index contributed by atoms with van der Waals surface area (Å²) in [5.74, 6) is 2.57. The minimum Gasteiger partial charge on any atom is -0.338 e. The van der Waals surface area contributed by atoms with Crippen LogP contribution in [0.5, 0.6) is 0 Å². The third kappa shape index (κ3) is 2.09. The summed E-state index contributed by atoms with van der Waals surface area (Å²) in [4.78, 5) is 4.31. The van der Waals surface area contributed by atoms with E-state index in [9.17, 15) is 0 Å². The Bertz CT molecular complexity index is 294. The van der Waals surface area contributed by atoms with Crippen LogP contribution in [0.1, 0.15) is 49.2 Å². The molecule has 0 bridgehead atoms. The molecule has 0 saturated carbocycles. The molecule has 0 radical (unpaired) electrons. The maximum Gasteiger partial charge on any atom is 0.243 e. The fourth-order valence-corrected chi connectivity index (χ4v) is 2.74. The van der Waals surface area contributed by atoms with E-state index in [2.05, 4.69) is 10.1 Å². The second-order valence-corrected chi connectivity index (χ2v) is 4.95. The van der Waals surface area contributed by atoms with Gasteiger partial charge in [0.05, 0.1) is 11.3 Å². The number of hydrogen-bond donors (Lipinski definition) is 1. The lowest BCUT2D eigenvalue weighted by molar-refractivity contribution is 0.356. The minimum atomic E-state index is -0.162. The first-order valence-electron chi connectivity index (χ1n) is 4.98. The topological polar surface area (TPSA) is 64.9 Å². The molecule has 2 rings (SSSR count). The Kier molecular flexibility index (Phi) is 3.08. The van der Waals surface area contributed by atoms with Gasteiger partial charge in [0.1, 0.15) is 0 Å². The highest BCUT2D eigenvalue weighted by molar-refractivity contribution is 7.99. The fourth-order valence-electron chi connectivity index (χ4n) is 1.51. The summed E-state index contributed by atoms with van der Waals surface area (Å²) in [6.45, 7) is 1.85. The van der Waals surface area contributed by atoms with Crippen LogP contribution in [-0.2, 0) is 0 Å². The zero-order valence-corrected chi connectivity index (χ0v) is 9.09. The Balaban J connectivity index is 2.07. The summed E-state index contributed by atoms with van der Waals surface area (Å²) < 4.78 is 5.08. The van der Waals surface area contributed by atoms with Gasteiger partial charge in [-0.2, -0.15) is 16.7 Å². The molecule has 14 heavy (non-hydrogen) atoms. The van der Waals surface area contributed by atoms with Gasteiger partial charge >= 0.3 is 0 Å². The van der Waals surface area contributed by atoms with Crippen molar-refractivity contribution in [3.8, 4) is 0 Å². The molecule has 2 heterocycles. The first-order chi connectivity index (χ1) is 6.77. The average Bonchev–Trinajstić information content (AvgIpc) is 2.68. The van der Waals surface area contributed by atoms with Crippen molar-refractivity contribution in [2.75, 3.05) is 5.75 Å². The third-order valence-electron chi connectivity index (χ3n) is 2.31. The summed E-state index contributed by atoms with van der Waals surface area (Å²) in [7, 11) is 0. The maximum absolute atomic E-state index is 5.65. The summed E-state index contributed by atoms with van der Waals surface area (Å²) in [6, 6.07) is -0.162. The number of hydrogen-bond acceptors (Lipinski definition) is 5. The van der Waals surface area contributed by atoms with E-state index in [0.717, 1.165) is 12.2 Å². The van der Waals surface area contributed by atoms with E-state index in [-0.39, 0.29) is 6.04 Å². The van der Waals surface area contributed by atoms with Crippen LogP contribution in [-0.4, -0.2) is 15.9 Å². The zero-order valence-electron chi connectivity index (χ0n) is 8.27. The Labute approximate surface area is 87.6 Å². The predicted octanol–water partition coefficient (Wildman–Crippen LogP) is 2.05. The quantitative estimate of drug-likeness (QED) is 0.814. The molecule has 1 aromatic heterocycles. The van der Waals surface area contributed by atoms with Gasteiger partial charge in [-0.15, -0.1) is 0 Å². The van der Waals surface area contributed by atoms with Crippen molar-refractivity contribution >= 4 is 11.8 Å². The molecule has 78 valence electrons. The second-order valence-electron chi connectivity index (χ2n) is 3.63. The van der Waals surface area contributed by atoms with Crippen molar-refractivity contribution in [1.29, 1.82) is 0 Å². The van der Waals surface area contributed by atoms with Gasteiger partial charge in [0.2, 0.25) is 5.89 Å². The molecule has 1 aliphatic heterocycles. The molecule has 4 nitrogen and oxygen atoms in total. The van der Waals surface area contributed by atoms with Crippen molar-refractivity contribution in [2.45, 2.75) is 37.5 Å². The molecule has 1 aromatic rings. The monoisotopic (exact) mass is 213 g/mol. The standard InChI is InChI=1S/C9H15N3OS/c1-6(10)9-11-8(12-13-9)7-4-2-3-5-14-7/h6-7H,2-5,10H2,1H3/t6-,7?/m0/s1. The number of aromatic nitrogens is 2. The summed E-state index contributed by atoms with van der Waals surface area (Å²) in [5.41, 5.74) is 5.65. The Hall–Kier alpha value is -0.550. The van der Waals surface area contributed by atoms with Crippen molar-refractivity contribution in [1.82, 2.24) is 10.1 Å². The first kappa shape index (κ1) is 9.98. The summed E-state index contributed by atoms with van der Waals surface area (Å²) >= 11 is 1.92. The minimum absolute atomic E-state index is 0.162. The molecule has 5 heteroatoms. The van der Waals surface area contributed by atoms with Crippen LogP contribution in [0.4, 0.5) is 0 Å². The third-order valence-corrected chi connectivity index (χ3v) is 3.69. The Morgan fingerprint density at radius 3 is 3.00 bits per heavy atom. The molecule has 1 aliphatic rings. The van der Waals surface area contributed by atoms with E-state index in [4.69, 9.17) is 10.3 Å². The highest BCUT2D eigenvalue weighted by Crippen LogP contribution is 2.36. The molecule has 1 fully saturated rings. The van der Waals surface area contributed by atoms with Crippen molar-refractivity contribution in [2.24, 2.45) is 5.73 Å². The van der Waals surface area contributed by atoms with E-state index in [1.54, 1.807) is 0 Å². The van der Waals surface area contributed by atoms with E-state index < -0.39 is 0 Å². The van der Waals surface area contributed by atoms with Gasteiger partial charge in [-0.1, -0.05) is 11.6 Å². The summed E-state index contributed by atoms with van der Waals surface area (Å²) in [6.07, 6.45) is 3.72. The molecule has 0 aliphatic carbocycles. The Morgan fingerprint density at radius 2 is 2.43 bits per heavy atom. The van der Waals surface area contributed by atoms with Crippen LogP contribution in [0.25, 0.3) is 0 Å². The van der Waals surface area contributed by atoms with Gasteiger partial charge in [0.15, 0.2) is 5.82 Å². The van der Waals surface area contributed by atoms with Crippen LogP contribution in [0.2, 0.25) is 0 Å². The van der Waals surface area contributed by atoms with Crippen LogP contribution in [0.15, 0.2) is 4.52 Å². The first-order valence-corrected chi connectivity index (χ1v) is 6.03. The molecule has 0 spiro atoms. The number of thioether (sulfide) groups is 1. The highest BCUT2D eigenvalue weighted by atomic mass is 32.2. The molecule has 1 saturated heterocycles. The normalized spacial score (nSPS) is 24.9. The lowest BCUT2D eigenvalue weighted by Crippen LogP contribution is -2.07. The van der Waals surface area contributed by atoms with Crippen LogP contribution >= 0.6 is 11.8 Å². The molecular formula is C9H15N3OS. The number of nitrogens with two attached hydrogens (primary N) is 1. The lowest BCUT2D eigenvalue weighted by atomic mass is 10.2. The van der Waals surface area contributed by atoms with Crippen LogP contribution in [0.3, 0.4) is 0 Å². The van der Waals surface area contributed by atoms with E-state index >= 15 is 0 Å². The average molecular weight is 213 g/mol. The molecule has 2 atom stereocenters.